The van der Waals surface area contributed by atoms with Crippen molar-refractivity contribution in [2.24, 2.45) is 0 Å². The third kappa shape index (κ3) is 5.50. The first-order valence-corrected chi connectivity index (χ1v) is 10.4. The van der Waals surface area contributed by atoms with E-state index in [-0.39, 0.29) is 18.8 Å². The minimum Gasteiger partial charge on any atom is -0.493 e. The van der Waals surface area contributed by atoms with Gasteiger partial charge in [0.2, 0.25) is 0 Å². The standard InChI is InChI=1S/C23H25F3O5/c24-23(25,26)31-21-6-4-16(22-12-18(28)11-19(13-27)30-22)10-17(21)9-14-3-5-20-15(8-14)2-1-7-29-20/h3-6,8,10,18-19,22,27-28H,1-2,7,9,11-13H2. The van der Waals surface area contributed by atoms with Gasteiger partial charge in [-0.2, -0.15) is 0 Å². The monoisotopic (exact) mass is 438 g/mol. The van der Waals surface area contributed by atoms with E-state index < -0.39 is 24.7 Å². The Labute approximate surface area is 178 Å². The van der Waals surface area contributed by atoms with Crippen molar-refractivity contribution in [3.8, 4) is 11.5 Å². The van der Waals surface area contributed by atoms with E-state index in [9.17, 15) is 23.4 Å². The molecule has 3 atom stereocenters. The van der Waals surface area contributed by atoms with Crippen LogP contribution in [0.5, 0.6) is 11.5 Å². The topological polar surface area (TPSA) is 68.2 Å². The number of hydrogen-bond donors (Lipinski definition) is 2. The summed E-state index contributed by atoms with van der Waals surface area (Å²) in [5.41, 5.74) is 2.91. The van der Waals surface area contributed by atoms with Crippen molar-refractivity contribution in [3.63, 3.8) is 0 Å². The molecular weight excluding hydrogens is 413 g/mol. The van der Waals surface area contributed by atoms with Crippen LogP contribution < -0.4 is 9.47 Å². The van der Waals surface area contributed by atoms with Crippen LogP contribution in [0.25, 0.3) is 0 Å². The molecule has 1 saturated heterocycles. The lowest BCUT2D eigenvalue weighted by Gasteiger charge is -2.33. The summed E-state index contributed by atoms with van der Waals surface area (Å²) >= 11 is 0. The van der Waals surface area contributed by atoms with Crippen LogP contribution in [0.1, 0.15) is 47.6 Å². The lowest BCUT2D eigenvalue weighted by molar-refractivity contribution is -0.274. The van der Waals surface area contributed by atoms with Gasteiger partial charge in [-0.05, 0) is 53.3 Å². The van der Waals surface area contributed by atoms with Gasteiger partial charge in [0.25, 0.3) is 0 Å². The first-order chi connectivity index (χ1) is 14.8. The lowest BCUT2D eigenvalue weighted by atomic mass is 9.93. The fourth-order valence-corrected chi connectivity index (χ4v) is 4.23. The minimum absolute atomic E-state index is 0.229. The number of aryl methyl sites for hydroxylation is 1. The van der Waals surface area contributed by atoms with Crippen LogP contribution in [-0.2, 0) is 17.6 Å². The fraction of sp³-hybridized carbons (Fsp3) is 0.478. The molecule has 0 saturated carbocycles. The van der Waals surface area contributed by atoms with Crippen LogP contribution in [0, 0.1) is 0 Å². The predicted octanol–water partition coefficient (Wildman–Crippen LogP) is 4.07. The van der Waals surface area contributed by atoms with Gasteiger partial charge >= 0.3 is 6.36 Å². The van der Waals surface area contributed by atoms with E-state index in [1.165, 1.54) is 12.1 Å². The highest BCUT2D eigenvalue weighted by Gasteiger charge is 2.33. The second-order valence-electron chi connectivity index (χ2n) is 8.04. The number of fused-ring (bicyclic) bond motifs is 1. The van der Waals surface area contributed by atoms with Gasteiger partial charge in [0.1, 0.15) is 11.5 Å². The number of alkyl halides is 3. The maximum absolute atomic E-state index is 13.0. The van der Waals surface area contributed by atoms with Crippen LogP contribution in [-0.4, -0.2) is 42.0 Å². The van der Waals surface area contributed by atoms with Crippen molar-refractivity contribution in [1.82, 2.24) is 0 Å². The zero-order valence-electron chi connectivity index (χ0n) is 16.9. The average Bonchev–Trinajstić information content (AvgIpc) is 2.73. The highest BCUT2D eigenvalue weighted by Crippen LogP contribution is 2.36. The van der Waals surface area contributed by atoms with Crippen molar-refractivity contribution in [1.29, 1.82) is 0 Å². The third-order valence-electron chi connectivity index (χ3n) is 5.63. The molecule has 2 aromatic rings. The smallest absolute Gasteiger partial charge is 0.493 e. The molecule has 8 heteroatoms. The Hall–Kier alpha value is -2.29. The number of ether oxygens (including phenoxy) is 3. The molecule has 0 aromatic heterocycles. The molecule has 4 rings (SSSR count). The SMILES string of the molecule is OCC1CC(O)CC(c2ccc(OC(F)(F)F)c(Cc3ccc4c(c3)CCCO4)c2)O1. The molecule has 3 unspecified atom stereocenters. The minimum atomic E-state index is -4.81. The Bertz CT molecular complexity index is 915. The zero-order chi connectivity index (χ0) is 22.0. The van der Waals surface area contributed by atoms with E-state index in [0.29, 0.717) is 30.6 Å². The van der Waals surface area contributed by atoms with Crippen molar-refractivity contribution >= 4 is 0 Å². The third-order valence-corrected chi connectivity index (χ3v) is 5.63. The number of rotatable bonds is 5. The van der Waals surface area contributed by atoms with Crippen LogP contribution >= 0.6 is 0 Å². The largest absolute Gasteiger partial charge is 0.573 e. The molecule has 31 heavy (non-hydrogen) atoms. The van der Waals surface area contributed by atoms with Gasteiger partial charge in [-0.3, -0.25) is 0 Å². The molecule has 0 radical (unpaired) electrons. The molecule has 2 aliphatic heterocycles. The van der Waals surface area contributed by atoms with Gasteiger partial charge in [-0.1, -0.05) is 18.2 Å². The Kier molecular flexibility index (Phi) is 6.41. The van der Waals surface area contributed by atoms with Gasteiger partial charge < -0.3 is 24.4 Å². The summed E-state index contributed by atoms with van der Waals surface area (Å²) in [6.45, 7) is 0.437. The quantitative estimate of drug-likeness (QED) is 0.737. The van der Waals surface area contributed by atoms with E-state index >= 15 is 0 Å². The molecule has 0 amide bonds. The summed E-state index contributed by atoms with van der Waals surface area (Å²) in [6, 6.07) is 10.1. The van der Waals surface area contributed by atoms with E-state index in [1.54, 1.807) is 6.07 Å². The van der Waals surface area contributed by atoms with Crippen LogP contribution in [0.15, 0.2) is 36.4 Å². The number of aliphatic hydroxyl groups excluding tert-OH is 2. The normalized spacial score (nSPS) is 23.7. The summed E-state index contributed by atoms with van der Waals surface area (Å²) in [5, 5.41) is 19.5. The highest BCUT2D eigenvalue weighted by molar-refractivity contribution is 5.45. The van der Waals surface area contributed by atoms with Gasteiger partial charge in [-0.25, -0.2) is 0 Å². The second kappa shape index (κ2) is 9.06. The average molecular weight is 438 g/mol. The Morgan fingerprint density at radius 1 is 1.10 bits per heavy atom. The van der Waals surface area contributed by atoms with E-state index in [4.69, 9.17) is 9.47 Å². The highest BCUT2D eigenvalue weighted by atomic mass is 19.4. The molecule has 0 aliphatic carbocycles. The first kappa shape index (κ1) is 21.9. The van der Waals surface area contributed by atoms with E-state index in [1.807, 2.05) is 18.2 Å². The number of aliphatic hydroxyl groups is 2. The van der Waals surface area contributed by atoms with Crippen LogP contribution in [0.4, 0.5) is 13.2 Å². The summed E-state index contributed by atoms with van der Waals surface area (Å²) in [4.78, 5) is 0. The fourth-order valence-electron chi connectivity index (χ4n) is 4.23. The molecule has 5 nitrogen and oxygen atoms in total. The van der Waals surface area contributed by atoms with Crippen molar-refractivity contribution in [2.45, 2.75) is 56.8 Å². The molecule has 2 heterocycles. The molecule has 2 N–H and O–H groups in total. The van der Waals surface area contributed by atoms with Crippen molar-refractivity contribution in [2.75, 3.05) is 13.2 Å². The molecule has 2 aromatic carbocycles. The molecular formula is C23H25F3O5. The number of hydrogen-bond acceptors (Lipinski definition) is 5. The van der Waals surface area contributed by atoms with Crippen molar-refractivity contribution < 1.29 is 37.6 Å². The summed E-state index contributed by atoms with van der Waals surface area (Å²) in [7, 11) is 0. The predicted molar refractivity (Wildman–Crippen MR) is 106 cm³/mol. The van der Waals surface area contributed by atoms with Gasteiger partial charge in [0.15, 0.2) is 0 Å². The molecule has 0 spiro atoms. The van der Waals surface area contributed by atoms with Crippen LogP contribution in [0.3, 0.4) is 0 Å². The van der Waals surface area contributed by atoms with E-state index in [0.717, 1.165) is 29.7 Å². The molecule has 2 aliphatic rings. The molecule has 1 fully saturated rings. The summed E-state index contributed by atoms with van der Waals surface area (Å²) in [5.74, 6) is 0.551. The summed E-state index contributed by atoms with van der Waals surface area (Å²) in [6.07, 6.45) is -3.83. The van der Waals surface area contributed by atoms with Crippen LogP contribution in [0.2, 0.25) is 0 Å². The zero-order valence-corrected chi connectivity index (χ0v) is 16.9. The molecule has 168 valence electrons. The summed E-state index contributed by atoms with van der Waals surface area (Å²) < 4.78 is 54.6. The van der Waals surface area contributed by atoms with Gasteiger partial charge in [0.05, 0.1) is 31.5 Å². The maximum atomic E-state index is 13.0. The number of benzene rings is 2. The van der Waals surface area contributed by atoms with E-state index in [2.05, 4.69) is 4.74 Å². The van der Waals surface area contributed by atoms with Gasteiger partial charge in [-0.15, -0.1) is 13.2 Å². The second-order valence-corrected chi connectivity index (χ2v) is 8.04. The number of halogens is 3. The Morgan fingerprint density at radius 2 is 1.94 bits per heavy atom. The lowest BCUT2D eigenvalue weighted by Crippen LogP contribution is -2.33. The molecule has 0 bridgehead atoms. The Morgan fingerprint density at radius 3 is 2.71 bits per heavy atom. The Balaban J connectivity index is 1.64. The van der Waals surface area contributed by atoms with Gasteiger partial charge in [0, 0.05) is 19.3 Å². The van der Waals surface area contributed by atoms with Crippen molar-refractivity contribution in [3.05, 3.63) is 58.7 Å². The first-order valence-electron chi connectivity index (χ1n) is 10.4. The maximum Gasteiger partial charge on any atom is 0.573 e.